The standard InChI is InChI=1S/C34H36N4O2/c1-20-13-21(2)27-18-31(37-29(27)14-20)34(40)36-26-11-9-23(10-12-26)16-24-15-22(3)28-19-32(38-30(28)17-24)33(39)35-25-7-5-4-6-8-25/h4-8,13-15,17-19,23,26,37-38H,9-12,16H2,1-3H3,(H,35,39)(H,36,40). The molecule has 40 heavy (non-hydrogen) atoms. The zero-order valence-corrected chi connectivity index (χ0v) is 23.4. The Balaban J connectivity index is 1.06. The maximum Gasteiger partial charge on any atom is 0.272 e. The van der Waals surface area contributed by atoms with Crippen molar-refractivity contribution in [3.63, 3.8) is 0 Å². The van der Waals surface area contributed by atoms with Gasteiger partial charge < -0.3 is 20.6 Å². The number of amides is 2. The molecule has 204 valence electrons. The molecular formula is C34H36N4O2. The predicted molar refractivity (Wildman–Crippen MR) is 162 cm³/mol. The van der Waals surface area contributed by atoms with Gasteiger partial charge in [-0.1, -0.05) is 30.3 Å². The van der Waals surface area contributed by atoms with Crippen molar-refractivity contribution in [2.24, 2.45) is 5.92 Å². The number of para-hydroxylation sites is 1. The number of carbonyl (C=O) groups excluding carboxylic acids is 2. The molecule has 1 aliphatic rings. The topological polar surface area (TPSA) is 89.8 Å². The van der Waals surface area contributed by atoms with Gasteiger partial charge in [0, 0.05) is 33.5 Å². The van der Waals surface area contributed by atoms with Gasteiger partial charge in [-0.25, -0.2) is 0 Å². The monoisotopic (exact) mass is 532 g/mol. The van der Waals surface area contributed by atoms with Crippen molar-refractivity contribution < 1.29 is 9.59 Å². The fraction of sp³-hybridized carbons (Fsp3) is 0.294. The minimum Gasteiger partial charge on any atom is -0.351 e. The zero-order chi connectivity index (χ0) is 27.8. The lowest BCUT2D eigenvalue weighted by Gasteiger charge is -2.29. The molecule has 0 saturated heterocycles. The smallest absolute Gasteiger partial charge is 0.272 e. The fourth-order valence-electron chi connectivity index (χ4n) is 6.28. The Bertz CT molecular complexity index is 1700. The van der Waals surface area contributed by atoms with Gasteiger partial charge in [0.25, 0.3) is 11.8 Å². The molecule has 1 saturated carbocycles. The Morgan fingerprint density at radius 3 is 2.08 bits per heavy atom. The second-order valence-electron chi connectivity index (χ2n) is 11.5. The summed E-state index contributed by atoms with van der Waals surface area (Å²) in [6, 6.07) is 22.3. The van der Waals surface area contributed by atoms with Crippen molar-refractivity contribution in [1.82, 2.24) is 15.3 Å². The molecule has 4 N–H and O–H groups in total. The number of hydrogen-bond donors (Lipinski definition) is 4. The lowest BCUT2D eigenvalue weighted by Crippen LogP contribution is -2.38. The third-order valence-electron chi connectivity index (χ3n) is 8.32. The molecule has 0 atom stereocenters. The van der Waals surface area contributed by atoms with E-state index in [2.05, 4.69) is 65.6 Å². The number of aromatic amines is 2. The summed E-state index contributed by atoms with van der Waals surface area (Å²) in [5.41, 5.74) is 8.84. The fourth-order valence-corrected chi connectivity index (χ4v) is 6.28. The van der Waals surface area contributed by atoms with Gasteiger partial charge in [-0.2, -0.15) is 0 Å². The Morgan fingerprint density at radius 2 is 1.38 bits per heavy atom. The van der Waals surface area contributed by atoms with Crippen LogP contribution < -0.4 is 10.6 Å². The van der Waals surface area contributed by atoms with Crippen LogP contribution in [-0.2, 0) is 6.42 Å². The van der Waals surface area contributed by atoms with Crippen molar-refractivity contribution >= 4 is 39.3 Å². The molecule has 6 nitrogen and oxygen atoms in total. The van der Waals surface area contributed by atoms with Gasteiger partial charge in [-0.15, -0.1) is 0 Å². The number of fused-ring (bicyclic) bond motifs is 2. The first kappa shape index (κ1) is 25.9. The maximum absolute atomic E-state index is 13.0. The Morgan fingerprint density at radius 1 is 0.750 bits per heavy atom. The first-order valence-corrected chi connectivity index (χ1v) is 14.2. The molecule has 6 rings (SSSR count). The summed E-state index contributed by atoms with van der Waals surface area (Å²) in [6.07, 6.45) is 5.15. The molecule has 0 aliphatic heterocycles. The number of nitrogens with one attached hydrogen (secondary N) is 4. The Kier molecular flexibility index (Phi) is 6.93. The van der Waals surface area contributed by atoms with E-state index in [1.165, 1.54) is 22.3 Å². The van der Waals surface area contributed by atoms with E-state index in [0.29, 0.717) is 17.3 Å². The molecule has 3 aromatic carbocycles. The zero-order valence-electron chi connectivity index (χ0n) is 23.4. The first-order valence-electron chi connectivity index (χ1n) is 14.2. The molecule has 0 radical (unpaired) electrons. The first-order chi connectivity index (χ1) is 19.3. The number of rotatable bonds is 6. The molecule has 6 heteroatoms. The van der Waals surface area contributed by atoms with Gasteiger partial charge in [0.2, 0.25) is 0 Å². The summed E-state index contributed by atoms with van der Waals surface area (Å²) in [5, 5.41) is 8.41. The van der Waals surface area contributed by atoms with Gasteiger partial charge in [0.15, 0.2) is 0 Å². The Labute approximate surface area is 234 Å². The summed E-state index contributed by atoms with van der Waals surface area (Å²) in [7, 11) is 0. The largest absolute Gasteiger partial charge is 0.351 e. The highest BCUT2D eigenvalue weighted by Crippen LogP contribution is 2.30. The predicted octanol–water partition coefficient (Wildman–Crippen LogP) is 7.36. The van der Waals surface area contributed by atoms with E-state index in [9.17, 15) is 9.59 Å². The number of aromatic nitrogens is 2. The van der Waals surface area contributed by atoms with Crippen molar-refractivity contribution in [2.75, 3.05) is 5.32 Å². The van der Waals surface area contributed by atoms with Gasteiger partial charge in [0.05, 0.1) is 0 Å². The molecule has 1 aliphatic carbocycles. The molecule has 0 unspecified atom stereocenters. The molecule has 2 amide bonds. The number of aryl methyl sites for hydroxylation is 3. The van der Waals surface area contributed by atoms with Gasteiger partial charge >= 0.3 is 0 Å². The lowest BCUT2D eigenvalue weighted by atomic mass is 9.82. The van der Waals surface area contributed by atoms with Crippen molar-refractivity contribution in [1.29, 1.82) is 0 Å². The Hall–Kier alpha value is -4.32. The second kappa shape index (κ2) is 10.7. The van der Waals surface area contributed by atoms with E-state index < -0.39 is 0 Å². The molecule has 0 spiro atoms. The number of H-pyrrole nitrogens is 2. The van der Waals surface area contributed by atoms with Crippen LogP contribution in [0.15, 0.2) is 66.7 Å². The molecule has 5 aromatic rings. The van der Waals surface area contributed by atoms with Crippen LogP contribution in [0.3, 0.4) is 0 Å². The number of hydrogen-bond acceptors (Lipinski definition) is 2. The van der Waals surface area contributed by atoms with E-state index >= 15 is 0 Å². The van der Waals surface area contributed by atoms with Crippen molar-refractivity contribution in [3.05, 3.63) is 100 Å². The highest BCUT2D eigenvalue weighted by Gasteiger charge is 2.24. The molecule has 2 aromatic heterocycles. The van der Waals surface area contributed by atoms with Crippen LogP contribution in [0.1, 0.15) is 68.9 Å². The summed E-state index contributed by atoms with van der Waals surface area (Å²) in [6.45, 7) is 6.27. The average molecular weight is 533 g/mol. The van der Waals surface area contributed by atoms with E-state index in [0.717, 1.165) is 59.6 Å². The van der Waals surface area contributed by atoms with Crippen LogP contribution in [0.5, 0.6) is 0 Å². The lowest BCUT2D eigenvalue weighted by molar-refractivity contribution is 0.0917. The van der Waals surface area contributed by atoms with E-state index in [-0.39, 0.29) is 17.9 Å². The maximum atomic E-state index is 13.0. The van der Waals surface area contributed by atoms with Crippen molar-refractivity contribution in [3.8, 4) is 0 Å². The number of anilines is 1. The van der Waals surface area contributed by atoms with Crippen molar-refractivity contribution in [2.45, 2.75) is 58.9 Å². The molecule has 2 heterocycles. The third kappa shape index (κ3) is 5.39. The normalized spacial score (nSPS) is 17.3. The highest BCUT2D eigenvalue weighted by atomic mass is 16.2. The number of benzene rings is 3. The number of carbonyl (C=O) groups is 2. The van der Waals surface area contributed by atoms with E-state index in [4.69, 9.17) is 0 Å². The van der Waals surface area contributed by atoms with Crippen LogP contribution in [0, 0.1) is 26.7 Å². The van der Waals surface area contributed by atoms with Crippen LogP contribution >= 0.6 is 0 Å². The van der Waals surface area contributed by atoms with Gasteiger partial charge in [0.1, 0.15) is 11.4 Å². The summed E-state index contributed by atoms with van der Waals surface area (Å²) in [4.78, 5) is 32.4. The van der Waals surface area contributed by atoms with Crippen LogP contribution in [0.2, 0.25) is 0 Å². The summed E-state index contributed by atoms with van der Waals surface area (Å²) >= 11 is 0. The van der Waals surface area contributed by atoms with Crippen LogP contribution in [0.4, 0.5) is 5.69 Å². The van der Waals surface area contributed by atoms with Crippen LogP contribution in [-0.4, -0.2) is 27.8 Å². The quantitative estimate of drug-likeness (QED) is 0.184. The summed E-state index contributed by atoms with van der Waals surface area (Å²) in [5.74, 6) is 0.428. The minimum absolute atomic E-state index is 0.0170. The van der Waals surface area contributed by atoms with E-state index in [1.807, 2.05) is 42.5 Å². The van der Waals surface area contributed by atoms with Gasteiger partial charge in [-0.05, 0) is 117 Å². The molecule has 0 bridgehead atoms. The molecule has 1 fully saturated rings. The highest BCUT2D eigenvalue weighted by molar-refractivity contribution is 6.06. The summed E-state index contributed by atoms with van der Waals surface area (Å²) < 4.78 is 0. The van der Waals surface area contributed by atoms with Crippen LogP contribution in [0.25, 0.3) is 21.8 Å². The second-order valence-corrected chi connectivity index (χ2v) is 11.5. The SMILES string of the molecule is Cc1cc(C)c2cc(C(=O)NC3CCC(Cc4cc(C)c5cc(C(=O)Nc6ccccc6)[nH]c5c4)CC3)[nH]c2c1. The third-order valence-corrected chi connectivity index (χ3v) is 8.32. The van der Waals surface area contributed by atoms with Gasteiger partial charge in [-0.3, -0.25) is 9.59 Å². The minimum atomic E-state index is -0.138. The van der Waals surface area contributed by atoms with E-state index in [1.54, 1.807) is 0 Å². The molecular weight excluding hydrogens is 496 g/mol. The average Bonchev–Trinajstić information content (AvgIpc) is 3.56.